The molecule has 1 fully saturated rings. The van der Waals surface area contributed by atoms with Gasteiger partial charge in [0.1, 0.15) is 6.54 Å². The molecule has 0 atom stereocenters. The van der Waals surface area contributed by atoms with Crippen LogP contribution in [0.4, 0.5) is 5.69 Å². The standard InChI is InChI=1S/C19H27N5O6S2/c1-31(26,27)24(15-19(25)21-7-2-9-22-10-8-20-16-22)17-3-5-18(6-4-17)32(28,29)23-11-13-30-14-12-23/h3-6,8,10,16H,2,7,9,11-15H2,1H3,(H,21,25). The van der Waals surface area contributed by atoms with E-state index in [0.717, 1.165) is 10.6 Å². The van der Waals surface area contributed by atoms with E-state index in [1.54, 1.807) is 12.5 Å². The van der Waals surface area contributed by atoms with Crippen molar-refractivity contribution in [2.75, 3.05) is 50.0 Å². The lowest BCUT2D eigenvalue weighted by Gasteiger charge is -2.26. The molecule has 0 unspecified atom stereocenters. The van der Waals surface area contributed by atoms with Crippen LogP contribution in [0.25, 0.3) is 0 Å². The third-order valence-electron chi connectivity index (χ3n) is 4.89. The molecule has 11 nitrogen and oxygen atoms in total. The van der Waals surface area contributed by atoms with Gasteiger partial charge in [0.2, 0.25) is 26.0 Å². The summed E-state index contributed by atoms with van der Waals surface area (Å²) in [5.41, 5.74) is 0.210. The minimum Gasteiger partial charge on any atom is -0.379 e. The molecular formula is C19H27N5O6S2. The number of benzene rings is 1. The van der Waals surface area contributed by atoms with Crippen molar-refractivity contribution in [1.29, 1.82) is 0 Å². The van der Waals surface area contributed by atoms with Crippen molar-refractivity contribution in [2.24, 2.45) is 0 Å². The number of amides is 1. The molecule has 1 aliphatic heterocycles. The number of ether oxygens (including phenoxy) is 1. The number of rotatable bonds is 10. The summed E-state index contributed by atoms with van der Waals surface area (Å²) in [4.78, 5) is 16.3. The lowest BCUT2D eigenvalue weighted by Crippen LogP contribution is -2.41. The molecule has 13 heteroatoms. The van der Waals surface area contributed by atoms with Crippen molar-refractivity contribution < 1.29 is 26.4 Å². The molecule has 176 valence electrons. The van der Waals surface area contributed by atoms with Crippen molar-refractivity contribution in [2.45, 2.75) is 17.9 Å². The summed E-state index contributed by atoms with van der Waals surface area (Å²) in [6.07, 6.45) is 6.82. The van der Waals surface area contributed by atoms with E-state index in [1.165, 1.54) is 28.6 Å². The molecule has 0 aliphatic carbocycles. The number of morpholine rings is 1. The normalized spacial score (nSPS) is 15.4. The Hall–Kier alpha value is -2.48. The quantitative estimate of drug-likeness (QED) is 0.464. The van der Waals surface area contributed by atoms with E-state index in [9.17, 15) is 21.6 Å². The van der Waals surface area contributed by atoms with Crippen LogP contribution in [0.5, 0.6) is 0 Å². The molecule has 1 aromatic carbocycles. The summed E-state index contributed by atoms with van der Waals surface area (Å²) in [7, 11) is -7.46. The second-order valence-electron chi connectivity index (χ2n) is 7.28. The Morgan fingerprint density at radius 3 is 2.44 bits per heavy atom. The third kappa shape index (κ3) is 6.28. The molecule has 1 saturated heterocycles. The van der Waals surface area contributed by atoms with E-state index in [1.807, 2.05) is 10.8 Å². The number of imidazole rings is 1. The van der Waals surface area contributed by atoms with Gasteiger partial charge in [-0.3, -0.25) is 9.10 Å². The smallest absolute Gasteiger partial charge is 0.243 e. The van der Waals surface area contributed by atoms with Gasteiger partial charge in [0, 0.05) is 38.6 Å². The Kier molecular flexibility index (Phi) is 7.87. The first-order valence-corrected chi connectivity index (χ1v) is 13.3. The van der Waals surface area contributed by atoms with Crippen LogP contribution in [0.2, 0.25) is 0 Å². The van der Waals surface area contributed by atoms with Gasteiger partial charge < -0.3 is 14.6 Å². The largest absolute Gasteiger partial charge is 0.379 e. The average Bonchev–Trinajstić information content (AvgIpc) is 3.29. The molecule has 0 saturated carbocycles. The molecule has 0 spiro atoms. The number of carbonyl (C=O) groups excluding carboxylic acids is 1. The fraction of sp³-hybridized carbons (Fsp3) is 0.474. The fourth-order valence-corrected chi connectivity index (χ4v) is 5.48. The zero-order valence-corrected chi connectivity index (χ0v) is 19.4. The zero-order chi connectivity index (χ0) is 23.2. The van der Waals surface area contributed by atoms with Crippen LogP contribution in [0.3, 0.4) is 0 Å². The molecule has 2 heterocycles. The van der Waals surface area contributed by atoms with Crippen LogP contribution in [0.1, 0.15) is 6.42 Å². The van der Waals surface area contributed by atoms with Gasteiger partial charge in [0.25, 0.3) is 0 Å². The fourth-order valence-electron chi connectivity index (χ4n) is 3.22. The minimum absolute atomic E-state index is 0.0561. The molecule has 1 aromatic heterocycles. The number of sulfonamides is 2. The van der Waals surface area contributed by atoms with E-state index in [2.05, 4.69) is 10.3 Å². The highest BCUT2D eigenvalue weighted by atomic mass is 32.2. The van der Waals surface area contributed by atoms with Gasteiger partial charge in [-0.1, -0.05) is 0 Å². The van der Waals surface area contributed by atoms with E-state index in [-0.39, 0.29) is 23.7 Å². The molecule has 32 heavy (non-hydrogen) atoms. The summed E-state index contributed by atoms with van der Waals surface area (Å²) in [5, 5.41) is 2.70. The number of hydrogen-bond donors (Lipinski definition) is 1. The maximum Gasteiger partial charge on any atom is 0.243 e. The van der Waals surface area contributed by atoms with E-state index >= 15 is 0 Å². The van der Waals surface area contributed by atoms with E-state index in [0.29, 0.717) is 32.7 Å². The zero-order valence-electron chi connectivity index (χ0n) is 17.8. The van der Waals surface area contributed by atoms with Crippen LogP contribution < -0.4 is 9.62 Å². The van der Waals surface area contributed by atoms with Gasteiger partial charge in [-0.15, -0.1) is 0 Å². The summed E-state index contributed by atoms with van der Waals surface area (Å²) in [6, 6.07) is 5.48. The highest BCUT2D eigenvalue weighted by Gasteiger charge is 2.27. The first kappa shape index (κ1) is 24.2. The number of carbonyl (C=O) groups is 1. The number of aryl methyl sites for hydroxylation is 1. The molecule has 3 rings (SSSR count). The molecule has 1 aliphatic rings. The summed E-state index contributed by atoms with van der Waals surface area (Å²) >= 11 is 0. The summed E-state index contributed by atoms with van der Waals surface area (Å²) in [6.45, 7) is 1.84. The Balaban J connectivity index is 1.63. The predicted octanol–water partition coefficient (Wildman–Crippen LogP) is -0.123. The van der Waals surface area contributed by atoms with Crippen LogP contribution >= 0.6 is 0 Å². The number of anilines is 1. The van der Waals surface area contributed by atoms with Gasteiger partial charge in [-0.05, 0) is 30.7 Å². The minimum atomic E-state index is -3.76. The van der Waals surface area contributed by atoms with Gasteiger partial charge in [-0.2, -0.15) is 4.31 Å². The number of nitrogens with one attached hydrogen (secondary N) is 1. The molecule has 0 radical (unpaired) electrons. The van der Waals surface area contributed by atoms with Crippen molar-refractivity contribution in [1.82, 2.24) is 19.2 Å². The van der Waals surface area contributed by atoms with Crippen LogP contribution in [0, 0.1) is 0 Å². The van der Waals surface area contributed by atoms with Crippen molar-refractivity contribution in [3.63, 3.8) is 0 Å². The number of hydrogen-bond acceptors (Lipinski definition) is 7. The lowest BCUT2D eigenvalue weighted by molar-refractivity contribution is -0.119. The highest BCUT2D eigenvalue weighted by Crippen LogP contribution is 2.23. The maximum absolute atomic E-state index is 12.7. The van der Waals surface area contributed by atoms with Crippen molar-refractivity contribution in [3.05, 3.63) is 43.0 Å². The summed E-state index contributed by atoms with van der Waals surface area (Å²) < 4.78 is 59.4. The highest BCUT2D eigenvalue weighted by molar-refractivity contribution is 7.92. The topological polar surface area (TPSA) is 131 Å². The van der Waals surface area contributed by atoms with E-state index < -0.39 is 32.5 Å². The van der Waals surface area contributed by atoms with Crippen LogP contribution in [-0.2, 0) is 36.1 Å². The molecule has 1 amide bonds. The second kappa shape index (κ2) is 10.4. The molecule has 1 N–H and O–H groups in total. The molecular weight excluding hydrogens is 458 g/mol. The van der Waals surface area contributed by atoms with E-state index in [4.69, 9.17) is 4.74 Å². The van der Waals surface area contributed by atoms with Crippen LogP contribution in [0.15, 0.2) is 47.9 Å². The average molecular weight is 486 g/mol. The lowest BCUT2D eigenvalue weighted by atomic mass is 10.3. The monoisotopic (exact) mass is 485 g/mol. The maximum atomic E-state index is 12.7. The third-order valence-corrected chi connectivity index (χ3v) is 7.95. The van der Waals surface area contributed by atoms with Gasteiger partial charge in [-0.25, -0.2) is 21.8 Å². The second-order valence-corrected chi connectivity index (χ2v) is 11.1. The van der Waals surface area contributed by atoms with Gasteiger partial charge >= 0.3 is 0 Å². The number of nitrogens with zero attached hydrogens (tertiary/aromatic N) is 4. The SMILES string of the molecule is CS(=O)(=O)N(CC(=O)NCCCn1ccnc1)c1ccc(S(=O)(=O)N2CCOCC2)cc1. The Morgan fingerprint density at radius 2 is 1.84 bits per heavy atom. The Bertz CT molecular complexity index is 1100. The first-order valence-electron chi connectivity index (χ1n) is 10.1. The predicted molar refractivity (Wildman–Crippen MR) is 118 cm³/mol. The van der Waals surface area contributed by atoms with Crippen LogP contribution in [-0.4, -0.2) is 82.2 Å². The molecule has 2 aromatic rings. The molecule has 0 bridgehead atoms. The summed E-state index contributed by atoms with van der Waals surface area (Å²) in [5.74, 6) is -0.453. The number of aromatic nitrogens is 2. The van der Waals surface area contributed by atoms with Crippen molar-refractivity contribution >= 4 is 31.6 Å². The van der Waals surface area contributed by atoms with Gasteiger partial charge in [0.05, 0.1) is 36.4 Å². The van der Waals surface area contributed by atoms with Gasteiger partial charge in [0.15, 0.2) is 0 Å². The first-order chi connectivity index (χ1) is 15.2. The van der Waals surface area contributed by atoms with Crippen molar-refractivity contribution in [3.8, 4) is 0 Å². The Morgan fingerprint density at radius 1 is 1.16 bits per heavy atom. The Labute approximate surface area is 188 Å².